The standard InChI is InChI=1S/C48H83NO6.4C2H6.CH4O/c1-12-38-26-33(6)44(50)21-17-30(3)23-39(19-20-40-16-14-15-36(9)53-40)45(13-2)55-46(51)22-18-31(4)48(38)54-41-27-32(5)42(43(29-41)49(10)11)28-37-24-34(7)47(52)35(8)25-37;5*1-2/h17,21,23,31-43,45,47-48,52H,12-16,18-20,22,24-29H2,1-11H3;4*1-2H3;2H,1H3/b21-17+,30-23+;;;;;/t31-,32?,33+,34-,35+,36?,37?,38-,39?,40?,41?,42+,43?,45+,47?,48?;;;;;/m0...../s1. The molecule has 8 heteroatoms. The van der Waals surface area contributed by atoms with Crippen molar-refractivity contribution < 1.29 is 34.0 Å². The van der Waals surface area contributed by atoms with Gasteiger partial charge in [-0.15, -0.1) is 0 Å². The second kappa shape index (κ2) is 37.3. The largest absolute Gasteiger partial charge is 0.462 e. The predicted octanol–water partition coefficient (Wildman–Crippen LogP) is 14.1. The van der Waals surface area contributed by atoms with Crippen molar-refractivity contribution in [2.24, 2.45) is 53.3 Å². The Labute approximate surface area is 404 Å². The van der Waals surface area contributed by atoms with Crippen LogP contribution in [0.2, 0.25) is 0 Å². The summed E-state index contributed by atoms with van der Waals surface area (Å²) in [7, 11) is 5.46. The minimum atomic E-state index is -0.213. The molecule has 0 aromatic heterocycles. The lowest BCUT2D eigenvalue weighted by molar-refractivity contribution is -0.152. The smallest absolute Gasteiger partial charge is 0.306 e. The van der Waals surface area contributed by atoms with Crippen molar-refractivity contribution in [3.63, 3.8) is 0 Å². The van der Waals surface area contributed by atoms with Crippen LogP contribution in [0.4, 0.5) is 0 Å². The van der Waals surface area contributed by atoms with Gasteiger partial charge in [-0.25, -0.2) is 0 Å². The second-order valence-electron chi connectivity index (χ2n) is 19.5. The normalized spacial score (nSPS) is 37.2. The number of hydrogen-bond acceptors (Lipinski definition) is 8. The monoisotopic (exact) mass is 922 g/mol. The van der Waals surface area contributed by atoms with Crippen molar-refractivity contribution in [1.82, 2.24) is 4.90 Å². The van der Waals surface area contributed by atoms with Crippen LogP contribution in [0.25, 0.3) is 0 Å². The summed E-state index contributed by atoms with van der Waals surface area (Å²) in [4.78, 5) is 29.7. The van der Waals surface area contributed by atoms with Crippen LogP contribution < -0.4 is 0 Å². The molecule has 65 heavy (non-hydrogen) atoms. The number of hydrogen-bond donors (Lipinski definition) is 2. The molecule has 2 N–H and O–H groups in total. The topological polar surface area (TPSA) is 106 Å². The number of carbonyl (C=O) groups excluding carboxylic acids is 2. The molecule has 2 heterocycles. The van der Waals surface area contributed by atoms with Gasteiger partial charge in [0.05, 0.1) is 30.5 Å². The maximum absolute atomic E-state index is 13.7. The fraction of sp³-hybridized carbons (Fsp3) is 0.895. The van der Waals surface area contributed by atoms with E-state index in [-0.39, 0.29) is 65.9 Å². The van der Waals surface area contributed by atoms with Gasteiger partial charge in [0.15, 0.2) is 5.78 Å². The number of ether oxygens (including phenoxy) is 3. The van der Waals surface area contributed by atoms with Crippen LogP contribution >= 0.6 is 0 Å². The molecule has 386 valence electrons. The van der Waals surface area contributed by atoms with Crippen LogP contribution in [0.15, 0.2) is 23.8 Å². The fourth-order valence-electron chi connectivity index (χ4n) is 11.3. The minimum absolute atomic E-state index is 0.0442. The molecular formula is C57H111NO7. The van der Waals surface area contributed by atoms with E-state index in [1.165, 1.54) is 12.8 Å². The lowest BCUT2D eigenvalue weighted by Crippen LogP contribution is -2.49. The van der Waals surface area contributed by atoms with Gasteiger partial charge in [0.25, 0.3) is 0 Å². The average Bonchev–Trinajstić information content (AvgIpc) is 3.31. The van der Waals surface area contributed by atoms with Gasteiger partial charge >= 0.3 is 5.97 Å². The van der Waals surface area contributed by atoms with Crippen molar-refractivity contribution in [2.45, 2.75) is 257 Å². The van der Waals surface area contributed by atoms with E-state index in [0.29, 0.717) is 54.6 Å². The summed E-state index contributed by atoms with van der Waals surface area (Å²) in [6.45, 7) is 35.8. The van der Waals surface area contributed by atoms with Crippen LogP contribution in [-0.2, 0) is 23.8 Å². The third-order valence-corrected chi connectivity index (χ3v) is 14.6. The van der Waals surface area contributed by atoms with Gasteiger partial charge in [-0.2, -0.15) is 0 Å². The molecule has 0 aromatic rings. The Kier molecular flexibility index (Phi) is 37.6. The maximum atomic E-state index is 13.7. The molecule has 2 saturated carbocycles. The highest BCUT2D eigenvalue weighted by atomic mass is 16.5. The third-order valence-electron chi connectivity index (χ3n) is 14.6. The average molecular weight is 923 g/mol. The first-order valence-corrected chi connectivity index (χ1v) is 27.3. The van der Waals surface area contributed by atoms with Gasteiger partial charge in [0, 0.05) is 31.4 Å². The van der Waals surface area contributed by atoms with E-state index in [1.54, 1.807) is 6.08 Å². The van der Waals surface area contributed by atoms with E-state index in [4.69, 9.17) is 19.3 Å². The Morgan fingerprint density at radius 3 is 1.88 bits per heavy atom. The summed E-state index contributed by atoms with van der Waals surface area (Å²) in [5.74, 6) is 2.86. The summed E-state index contributed by atoms with van der Waals surface area (Å²) in [5, 5.41) is 17.6. The number of carbonyl (C=O) groups is 2. The maximum Gasteiger partial charge on any atom is 0.306 e. The minimum Gasteiger partial charge on any atom is -0.462 e. The zero-order chi connectivity index (χ0) is 50.4. The number of rotatable bonds is 10. The Balaban J connectivity index is 0. The first-order valence-electron chi connectivity index (χ1n) is 27.3. The number of aliphatic hydroxyl groups excluding tert-OH is 2. The van der Waals surface area contributed by atoms with Crippen molar-refractivity contribution in [3.8, 4) is 0 Å². The number of nitrogens with zero attached hydrogens (tertiary/aromatic N) is 1. The van der Waals surface area contributed by atoms with Gasteiger partial charge in [-0.05, 0) is 159 Å². The molecule has 1 saturated heterocycles. The number of ketones is 1. The molecule has 0 aromatic carbocycles. The summed E-state index contributed by atoms with van der Waals surface area (Å²) in [6, 6.07) is 0.427. The molecule has 4 rings (SSSR count). The molecule has 4 aliphatic rings. The number of allylic oxidation sites excluding steroid dienone is 3. The van der Waals surface area contributed by atoms with Gasteiger partial charge < -0.3 is 29.3 Å². The van der Waals surface area contributed by atoms with Crippen LogP contribution in [0.5, 0.6) is 0 Å². The molecular weight excluding hydrogens is 811 g/mol. The van der Waals surface area contributed by atoms with Crippen LogP contribution in [0, 0.1) is 53.3 Å². The SMILES string of the molecule is CC.CC.CC.CC.CC[C@H]1C[C@@H](C)C(=O)/C=C/C(C)=C/C(CCC2CCCC(C)O2)[C@@H](CC)OC(=O)CC[C@H](C)C1OC1CC(C)[C@@H](CC2C[C@@H](C)C(O)[C@@H](C)C2)C(N(C)C)C1.CO. The van der Waals surface area contributed by atoms with E-state index in [2.05, 4.69) is 87.4 Å². The highest BCUT2D eigenvalue weighted by Crippen LogP contribution is 2.44. The number of esters is 1. The second-order valence-corrected chi connectivity index (χ2v) is 19.5. The first-order chi connectivity index (χ1) is 31.1. The van der Waals surface area contributed by atoms with Crippen LogP contribution in [0.1, 0.15) is 214 Å². The Morgan fingerprint density at radius 1 is 0.738 bits per heavy atom. The summed E-state index contributed by atoms with van der Waals surface area (Å²) in [6.07, 6.45) is 20.5. The van der Waals surface area contributed by atoms with Gasteiger partial charge in [0.1, 0.15) is 6.10 Å². The van der Waals surface area contributed by atoms with E-state index in [0.717, 1.165) is 83.3 Å². The van der Waals surface area contributed by atoms with Crippen LogP contribution in [0.3, 0.4) is 0 Å². The van der Waals surface area contributed by atoms with E-state index in [9.17, 15) is 14.7 Å². The van der Waals surface area contributed by atoms with Gasteiger partial charge in [-0.3, -0.25) is 9.59 Å². The highest BCUT2D eigenvalue weighted by Gasteiger charge is 2.42. The summed E-state index contributed by atoms with van der Waals surface area (Å²) >= 11 is 0. The molecule has 2 aliphatic carbocycles. The Bertz CT molecular complexity index is 1240. The van der Waals surface area contributed by atoms with Gasteiger partial charge in [0.2, 0.25) is 0 Å². The molecule has 0 amide bonds. The molecule has 16 atom stereocenters. The zero-order valence-corrected chi connectivity index (χ0v) is 46.5. The third kappa shape index (κ3) is 23.1. The Morgan fingerprint density at radius 2 is 1.34 bits per heavy atom. The lowest BCUT2D eigenvalue weighted by atomic mass is 9.66. The molecule has 0 bridgehead atoms. The summed E-state index contributed by atoms with van der Waals surface area (Å²) in [5.41, 5.74) is 1.04. The van der Waals surface area contributed by atoms with Crippen molar-refractivity contribution in [1.29, 1.82) is 0 Å². The van der Waals surface area contributed by atoms with Crippen molar-refractivity contribution in [3.05, 3.63) is 23.8 Å². The lowest BCUT2D eigenvalue weighted by Gasteiger charge is -2.47. The molecule has 0 spiro atoms. The Hall–Kier alpha value is -1.58. The molecule has 3 fully saturated rings. The molecule has 2 aliphatic heterocycles. The first kappa shape index (κ1) is 65.5. The quantitative estimate of drug-likeness (QED) is 0.209. The molecule has 0 radical (unpaired) electrons. The number of cyclic esters (lactones) is 1. The zero-order valence-electron chi connectivity index (χ0n) is 46.5. The van der Waals surface area contributed by atoms with E-state index < -0.39 is 0 Å². The van der Waals surface area contributed by atoms with Gasteiger partial charge in [-0.1, -0.05) is 128 Å². The van der Waals surface area contributed by atoms with Crippen molar-refractivity contribution in [2.75, 3.05) is 21.2 Å². The predicted molar refractivity (Wildman–Crippen MR) is 278 cm³/mol. The fourth-order valence-corrected chi connectivity index (χ4v) is 11.3. The number of aliphatic hydroxyl groups is 2. The highest BCUT2D eigenvalue weighted by molar-refractivity contribution is 5.91. The summed E-state index contributed by atoms with van der Waals surface area (Å²) < 4.78 is 19.9. The molecule has 8 nitrogen and oxygen atoms in total. The van der Waals surface area contributed by atoms with Crippen molar-refractivity contribution >= 4 is 11.8 Å². The molecule has 9 unspecified atom stereocenters. The van der Waals surface area contributed by atoms with E-state index in [1.807, 2.05) is 61.5 Å². The van der Waals surface area contributed by atoms with E-state index >= 15 is 0 Å². The van der Waals surface area contributed by atoms with Crippen LogP contribution in [-0.4, -0.2) is 90.7 Å².